The zero-order chi connectivity index (χ0) is 15.0. The van der Waals surface area contributed by atoms with Crippen molar-refractivity contribution in [1.29, 1.82) is 5.26 Å². The van der Waals surface area contributed by atoms with Gasteiger partial charge in [0.1, 0.15) is 16.3 Å². The third kappa shape index (κ3) is 2.41. The van der Waals surface area contributed by atoms with Gasteiger partial charge in [-0.25, -0.2) is 4.98 Å². The van der Waals surface area contributed by atoms with Crippen molar-refractivity contribution in [1.82, 2.24) is 4.98 Å². The Morgan fingerprint density at radius 1 is 1.45 bits per heavy atom. The van der Waals surface area contributed by atoms with E-state index in [1.165, 1.54) is 0 Å². The highest BCUT2D eigenvalue weighted by Gasteiger charge is 2.47. The van der Waals surface area contributed by atoms with E-state index in [4.69, 9.17) is 4.74 Å². The number of nitriles is 1. The number of carbonyl (C=O) groups excluding carboxylic acids is 1. The maximum Gasteiger partial charge on any atom is 0.178 e. The molecule has 0 bridgehead atoms. The van der Waals surface area contributed by atoms with Gasteiger partial charge in [0.15, 0.2) is 5.78 Å². The Morgan fingerprint density at radius 2 is 2.15 bits per heavy atom. The van der Waals surface area contributed by atoms with E-state index in [1.807, 2.05) is 38.1 Å². The van der Waals surface area contributed by atoms with Gasteiger partial charge in [0, 0.05) is 12.5 Å². The molecule has 0 spiro atoms. The minimum absolute atomic E-state index is 0.130. The third-order valence-electron chi connectivity index (χ3n) is 3.57. The van der Waals surface area contributed by atoms with Crippen LogP contribution in [-0.4, -0.2) is 17.9 Å². The average molecular weight is 335 g/mol. The van der Waals surface area contributed by atoms with E-state index in [0.717, 1.165) is 0 Å². The van der Waals surface area contributed by atoms with Gasteiger partial charge in [0.05, 0.1) is 11.3 Å². The Labute approximate surface area is 126 Å². The molecule has 0 saturated carbocycles. The van der Waals surface area contributed by atoms with Crippen molar-refractivity contribution in [3.8, 4) is 6.07 Å². The van der Waals surface area contributed by atoms with Gasteiger partial charge in [0.2, 0.25) is 0 Å². The number of ether oxygens (including phenoxy) is 1. The van der Waals surface area contributed by atoms with E-state index < -0.39 is 11.0 Å². The van der Waals surface area contributed by atoms with Crippen LogP contribution in [0.4, 0.5) is 0 Å². The second-order valence-electron chi connectivity index (χ2n) is 5.50. The quantitative estimate of drug-likeness (QED) is 0.779. The number of hydrogen-bond acceptors (Lipinski definition) is 4. The molecule has 0 radical (unpaired) electrons. The third-order valence-corrected chi connectivity index (χ3v) is 4.02. The summed E-state index contributed by atoms with van der Waals surface area (Å²) in [5.74, 6) is -0.150. The Kier molecular flexibility index (Phi) is 3.81. The topological polar surface area (TPSA) is 63.0 Å². The van der Waals surface area contributed by atoms with Crippen LogP contribution >= 0.6 is 15.9 Å². The molecule has 4 nitrogen and oxygen atoms in total. The summed E-state index contributed by atoms with van der Waals surface area (Å²) in [5, 5.41) is 9.20. The van der Waals surface area contributed by atoms with E-state index in [1.54, 1.807) is 13.2 Å². The number of carbonyl (C=O) groups is 1. The van der Waals surface area contributed by atoms with Crippen LogP contribution in [0.2, 0.25) is 0 Å². The molecule has 0 fully saturated rings. The summed E-state index contributed by atoms with van der Waals surface area (Å²) in [6, 6.07) is 7.49. The molecule has 2 rings (SSSR count). The van der Waals surface area contributed by atoms with Crippen molar-refractivity contribution in [3.05, 3.63) is 40.1 Å². The van der Waals surface area contributed by atoms with Crippen LogP contribution in [0, 0.1) is 16.7 Å². The molecule has 0 aliphatic heterocycles. The first kappa shape index (κ1) is 14.9. The van der Waals surface area contributed by atoms with Crippen LogP contribution in [0.5, 0.6) is 0 Å². The van der Waals surface area contributed by atoms with Crippen LogP contribution in [0.1, 0.15) is 26.0 Å². The molecular formula is C15H15BrN2O2. The maximum absolute atomic E-state index is 12.2. The average Bonchev–Trinajstić information content (AvgIpc) is 2.41. The number of allylic oxidation sites excluding steroid dienone is 1. The Hall–Kier alpha value is -1.51. The summed E-state index contributed by atoms with van der Waals surface area (Å²) in [4.78, 5) is 16.6. The number of ketones is 1. The predicted octanol–water partition coefficient (Wildman–Crippen LogP) is 3.13. The Bertz CT molecular complexity index is 631. The van der Waals surface area contributed by atoms with E-state index in [2.05, 4.69) is 20.9 Å². The van der Waals surface area contributed by atoms with Crippen LogP contribution in [0.25, 0.3) is 0 Å². The molecule has 0 amide bonds. The van der Waals surface area contributed by atoms with Crippen LogP contribution in [-0.2, 0) is 15.1 Å². The zero-order valence-electron chi connectivity index (χ0n) is 11.6. The zero-order valence-corrected chi connectivity index (χ0v) is 13.2. The molecule has 0 N–H and O–H groups in total. The monoisotopic (exact) mass is 334 g/mol. The van der Waals surface area contributed by atoms with Gasteiger partial charge in [-0.3, -0.25) is 4.79 Å². The molecule has 1 heterocycles. The number of halogens is 1. The Balaban J connectivity index is 2.64. The highest BCUT2D eigenvalue weighted by atomic mass is 79.9. The summed E-state index contributed by atoms with van der Waals surface area (Å²) in [7, 11) is 1.57. The molecule has 1 aromatic rings. The summed E-state index contributed by atoms with van der Waals surface area (Å²) in [6.45, 7) is 3.65. The predicted molar refractivity (Wildman–Crippen MR) is 77.7 cm³/mol. The van der Waals surface area contributed by atoms with E-state index >= 15 is 0 Å². The van der Waals surface area contributed by atoms with Gasteiger partial charge in [-0.2, -0.15) is 5.26 Å². The molecular weight excluding hydrogens is 320 g/mol. The highest BCUT2D eigenvalue weighted by molar-refractivity contribution is 9.10. The molecule has 1 aliphatic rings. The van der Waals surface area contributed by atoms with Crippen LogP contribution in [0.15, 0.2) is 34.5 Å². The summed E-state index contributed by atoms with van der Waals surface area (Å²) >= 11 is 3.34. The van der Waals surface area contributed by atoms with Crippen molar-refractivity contribution in [3.63, 3.8) is 0 Å². The van der Waals surface area contributed by atoms with E-state index in [9.17, 15) is 10.1 Å². The molecule has 5 heteroatoms. The fourth-order valence-electron chi connectivity index (χ4n) is 2.58. The number of pyridine rings is 1. The SMILES string of the molecule is CO[C@]1(c2cccc(Br)n2)C=C(C#N)C(=O)C(C)(C)C1. The van der Waals surface area contributed by atoms with Gasteiger partial charge in [-0.1, -0.05) is 19.9 Å². The van der Waals surface area contributed by atoms with Gasteiger partial charge >= 0.3 is 0 Å². The van der Waals surface area contributed by atoms with Gasteiger partial charge < -0.3 is 4.74 Å². The molecule has 0 unspecified atom stereocenters. The molecule has 104 valence electrons. The van der Waals surface area contributed by atoms with Crippen molar-refractivity contribution < 1.29 is 9.53 Å². The van der Waals surface area contributed by atoms with E-state index in [-0.39, 0.29) is 11.4 Å². The lowest BCUT2D eigenvalue weighted by molar-refractivity contribution is -0.128. The molecule has 1 atom stereocenters. The first-order chi connectivity index (χ1) is 9.34. The first-order valence-electron chi connectivity index (χ1n) is 6.20. The van der Waals surface area contributed by atoms with Crippen molar-refractivity contribution in [2.24, 2.45) is 5.41 Å². The van der Waals surface area contributed by atoms with Gasteiger partial charge in [-0.05, 0) is 40.6 Å². The van der Waals surface area contributed by atoms with Gasteiger partial charge in [-0.15, -0.1) is 0 Å². The smallest absolute Gasteiger partial charge is 0.178 e. The number of nitrogens with zero attached hydrogens (tertiary/aromatic N) is 2. The normalized spacial score (nSPS) is 24.9. The number of rotatable bonds is 2. The molecule has 1 aliphatic carbocycles. The summed E-state index contributed by atoms with van der Waals surface area (Å²) < 4.78 is 6.36. The number of methoxy groups -OCH3 is 1. The molecule has 1 aromatic heterocycles. The number of aromatic nitrogens is 1. The molecule has 0 aromatic carbocycles. The fourth-order valence-corrected chi connectivity index (χ4v) is 2.92. The van der Waals surface area contributed by atoms with Crippen molar-refractivity contribution in [2.75, 3.05) is 7.11 Å². The minimum atomic E-state index is -0.855. The van der Waals surface area contributed by atoms with Gasteiger partial charge in [0.25, 0.3) is 0 Å². The van der Waals surface area contributed by atoms with Crippen molar-refractivity contribution >= 4 is 21.7 Å². The Morgan fingerprint density at radius 3 is 2.70 bits per heavy atom. The molecule has 0 saturated heterocycles. The maximum atomic E-state index is 12.2. The lowest BCUT2D eigenvalue weighted by Crippen LogP contribution is -2.42. The summed E-state index contributed by atoms with van der Waals surface area (Å²) in [6.07, 6.45) is 2.04. The number of hydrogen-bond donors (Lipinski definition) is 0. The minimum Gasteiger partial charge on any atom is -0.368 e. The van der Waals surface area contributed by atoms with E-state index in [0.29, 0.717) is 16.7 Å². The lowest BCUT2D eigenvalue weighted by Gasteiger charge is -2.39. The lowest BCUT2D eigenvalue weighted by atomic mass is 9.68. The standard InChI is InChI=1S/C15H15BrN2O2/c1-14(2)9-15(20-3,7-10(8-17)13(14)19)11-5-4-6-12(16)18-11/h4-7H,9H2,1-3H3/t15-/m1/s1. The summed E-state index contributed by atoms with van der Waals surface area (Å²) in [5.41, 5.74) is -0.709. The highest BCUT2D eigenvalue weighted by Crippen LogP contribution is 2.44. The first-order valence-corrected chi connectivity index (χ1v) is 7.00. The second-order valence-corrected chi connectivity index (χ2v) is 6.31. The largest absolute Gasteiger partial charge is 0.368 e. The molecule has 20 heavy (non-hydrogen) atoms. The van der Waals surface area contributed by atoms with Crippen LogP contribution in [0.3, 0.4) is 0 Å². The fraction of sp³-hybridized carbons (Fsp3) is 0.400. The second kappa shape index (κ2) is 5.12. The number of Topliss-reactive ketones (excluding diaryl/α,β-unsaturated/α-hetero) is 1. The van der Waals surface area contributed by atoms with Crippen LogP contribution < -0.4 is 0 Å². The van der Waals surface area contributed by atoms with Crippen molar-refractivity contribution in [2.45, 2.75) is 25.9 Å².